The molecule has 1 fully saturated rings. The average Bonchev–Trinajstić information content (AvgIpc) is 3.56. The van der Waals surface area contributed by atoms with E-state index in [4.69, 9.17) is 4.74 Å². The first kappa shape index (κ1) is 29.5. The van der Waals surface area contributed by atoms with Crippen LogP contribution in [0.15, 0.2) is 18.2 Å². The number of hydrogen-bond donors (Lipinski definition) is 3. The smallest absolute Gasteiger partial charge is 0.408 e. The summed E-state index contributed by atoms with van der Waals surface area (Å²) < 4.78 is 5.42. The van der Waals surface area contributed by atoms with Crippen LogP contribution in [0.3, 0.4) is 0 Å². The molecule has 1 aliphatic rings. The van der Waals surface area contributed by atoms with E-state index in [2.05, 4.69) is 10.6 Å². The molecule has 0 bridgehead atoms. The summed E-state index contributed by atoms with van der Waals surface area (Å²) in [6.07, 6.45) is 2.94. The van der Waals surface area contributed by atoms with E-state index in [1.807, 2.05) is 27.7 Å². The third-order valence-corrected chi connectivity index (χ3v) is 6.09. The summed E-state index contributed by atoms with van der Waals surface area (Å²) in [5, 5.41) is 16.7. The fourth-order valence-corrected chi connectivity index (χ4v) is 4.34. The molecule has 202 valence electrons. The number of para-hydroxylation sites is 1. The van der Waals surface area contributed by atoms with Gasteiger partial charge in [0.1, 0.15) is 23.4 Å². The van der Waals surface area contributed by atoms with Crippen LogP contribution in [0.5, 0.6) is 5.75 Å². The van der Waals surface area contributed by atoms with Gasteiger partial charge < -0.3 is 25.4 Å². The molecule has 0 saturated heterocycles. The van der Waals surface area contributed by atoms with Crippen molar-refractivity contribution in [3.05, 3.63) is 29.3 Å². The van der Waals surface area contributed by atoms with Crippen LogP contribution in [0.1, 0.15) is 97.7 Å². The first-order valence-corrected chi connectivity index (χ1v) is 13.2. The number of alkyl carbamates (subject to hydrolysis) is 1. The molecule has 36 heavy (non-hydrogen) atoms. The zero-order valence-corrected chi connectivity index (χ0v) is 23.2. The van der Waals surface area contributed by atoms with Crippen LogP contribution in [-0.2, 0) is 14.3 Å². The molecule has 2 rings (SSSR count). The molecule has 3 N–H and O–H groups in total. The molecule has 0 aromatic heterocycles. The van der Waals surface area contributed by atoms with Crippen LogP contribution in [0.4, 0.5) is 4.79 Å². The first-order valence-electron chi connectivity index (χ1n) is 13.2. The molecule has 0 aliphatic heterocycles. The summed E-state index contributed by atoms with van der Waals surface area (Å²) >= 11 is 0. The Morgan fingerprint density at radius 2 is 1.78 bits per heavy atom. The van der Waals surface area contributed by atoms with Gasteiger partial charge in [-0.05, 0) is 71.8 Å². The van der Waals surface area contributed by atoms with Gasteiger partial charge in [-0.3, -0.25) is 9.59 Å². The van der Waals surface area contributed by atoms with Crippen LogP contribution in [0, 0.1) is 12.8 Å². The van der Waals surface area contributed by atoms with Gasteiger partial charge in [0.25, 0.3) is 0 Å². The van der Waals surface area contributed by atoms with Gasteiger partial charge in [0.2, 0.25) is 11.8 Å². The van der Waals surface area contributed by atoms with Crippen molar-refractivity contribution in [1.29, 1.82) is 0 Å². The first-order chi connectivity index (χ1) is 16.7. The number of ether oxygens (including phenoxy) is 1. The zero-order valence-electron chi connectivity index (χ0n) is 23.2. The highest BCUT2D eigenvalue weighted by atomic mass is 16.6. The van der Waals surface area contributed by atoms with Gasteiger partial charge in [-0.15, -0.1) is 0 Å². The number of nitrogens with one attached hydrogen (secondary N) is 2. The van der Waals surface area contributed by atoms with Gasteiger partial charge in [0, 0.05) is 17.6 Å². The van der Waals surface area contributed by atoms with E-state index < -0.39 is 23.8 Å². The van der Waals surface area contributed by atoms with Gasteiger partial charge in [-0.2, -0.15) is 0 Å². The van der Waals surface area contributed by atoms with Gasteiger partial charge in [-0.25, -0.2) is 4.79 Å². The van der Waals surface area contributed by atoms with Crippen molar-refractivity contribution in [3.63, 3.8) is 0 Å². The van der Waals surface area contributed by atoms with Crippen molar-refractivity contribution in [2.45, 2.75) is 117 Å². The fourth-order valence-electron chi connectivity index (χ4n) is 4.34. The van der Waals surface area contributed by atoms with Crippen LogP contribution < -0.4 is 10.6 Å². The number of phenolic OH excluding ortho intramolecular Hbond substituents is 1. The molecule has 1 aromatic carbocycles. The highest BCUT2D eigenvalue weighted by Gasteiger charge is 2.45. The lowest BCUT2D eigenvalue weighted by Gasteiger charge is -2.36. The third kappa shape index (κ3) is 8.42. The van der Waals surface area contributed by atoms with Gasteiger partial charge >= 0.3 is 6.09 Å². The zero-order chi connectivity index (χ0) is 27.2. The molecule has 8 nitrogen and oxygen atoms in total. The summed E-state index contributed by atoms with van der Waals surface area (Å²) in [6.45, 7) is 15.0. The van der Waals surface area contributed by atoms with E-state index in [1.54, 1.807) is 50.8 Å². The van der Waals surface area contributed by atoms with Crippen molar-refractivity contribution in [1.82, 2.24) is 15.5 Å². The minimum Gasteiger partial charge on any atom is -0.507 e. The maximum atomic E-state index is 14.1. The van der Waals surface area contributed by atoms with Crippen LogP contribution >= 0.6 is 0 Å². The SMILES string of the molecule is CCCC(C)NC(=O)C(c1cccc(C)c1O)N(C(=O)C(CC(C)C)NC(=O)OC(C)(C)C)C1CC1. The summed E-state index contributed by atoms with van der Waals surface area (Å²) in [5.41, 5.74) is 0.300. The number of hydrogen-bond acceptors (Lipinski definition) is 5. The molecule has 1 aliphatic carbocycles. The quantitative estimate of drug-likeness (QED) is 0.395. The summed E-state index contributed by atoms with van der Waals surface area (Å²) in [7, 11) is 0. The second-order valence-electron chi connectivity index (χ2n) is 11.4. The summed E-state index contributed by atoms with van der Waals surface area (Å²) in [6, 6.07) is 3.13. The summed E-state index contributed by atoms with van der Waals surface area (Å²) in [5.74, 6) is -0.571. The van der Waals surface area contributed by atoms with E-state index in [0.717, 1.165) is 25.7 Å². The van der Waals surface area contributed by atoms with Crippen molar-refractivity contribution >= 4 is 17.9 Å². The Morgan fingerprint density at radius 1 is 1.14 bits per heavy atom. The number of aryl methyl sites for hydroxylation is 1. The predicted molar refractivity (Wildman–Crippen MR) is 141 cm³/mol. The molecule has 3 unspecified atom stereocenters. The van der Waals surface area contributed by atoms with E-state index in [-0.39, 0.29) is 35.6 Å². The van der Waals surface area contributed by atoms with Crippen LogP contribution in [0.25, 0.3) is 0 Å². The lowest BCUT2D eigenvalue weighted by atomic mass is 9.97. The van der Waals surface area contributed by atoms with Gasteiger partial charge in [-0.1, -0.05) is 45.4 Å². The molecule has 0 heterocycles. The molecule has 1 saturated carbocycles. The normalized spacial score (nSPS) is 16.1. The standard InChI is InChI=1S/C28H45N3O5/c1-9-11-19(5)29-25(33)23(21-13-10-12-18(4)24(21)32)31(20-14-15-20)26(34)22(16-17(2)3)30-27(35)36-28(6,7)8/h10,12-13,17,19-20,22-23,32H,9,11,14-16H2,1-8H3,(H,29,33)(H,30,35). The number of rotatable bonds is 11. The van der Waals surface area contributed by atoms with Crippen molar-refractivity contribution < 1.29 is 24.2 Å². The minimum atomic E-state index is -1.01. The fraction of sp³-hybridized carbons (Fsp3) is 0.679. The molecule has 0 radical (unpaired) electrons. The minimum absolute atomic E-state index is 0.000226. The van der Waals surface area contributed by atoms with Crippen LogP contribution in [-0.4, -0.2) is 51.6 Å². The Morgan fingerprint density at radius 3 is 2.31 bits per heavy atom. The van der Waals surface area contributed by atoms with E-state index >= 15 is 0 Å². The monoisotopic (exact) mass is 503 g/mol. The third-order valence-electron chi connectivity index (χ3n) is 6.09. The Balaban J connectivity index is 2.49. The largest absolute Gasteiger partial charge is 0.507 e. The van der Waals surface area contributed by atoms with Crippen molar-refractivity contribution in [2.75, 3.05) is 0 Å². The maximum Gasteiger partial charge on any atom is 0.408 e. The van der Waals surface area contributed by atoms with Crippen LogP contribution in [0.2, 0.25) is 0 Å². The molecule has 1 aromatic rings. The number of benzene rings is 1. The molecule has 0 spiro atoms. The number of amides is 3. The van der Waals surface area contributed by atoms with Gasteiger partial charge in [0.05, 0.1) is 0 Å². The number of aromatic hydroxyl groups is 1. The molecule has 3 atom stereocenters. The van der Waals surface area contributed by atoms with Gasteiger partial charge in [0.15, 0.2) is 0 Å². The van der Waals surface area contributed by atoms with E-state index in [9.17, 15) is 19.5 Å². The highest BCUT2D eigenvalue weighted by Crippen LogP contribution is 2.39. The van der Waals surface area contributed by atoms with Crippen molar-refractivity contribution in [2.24, 2.45) is 5.92 Å². The Labute approximate surface area is 216 Å². The molecule has 8 heteroatoms. The number of carbonyl (C=O) groups is 3. The second-order valence-corrected chi connectivity index (χ2v) is 11.4. The van der Waals surface area contributed by atoms with E-state index in [0.29, 0.717) is 17.5 Å². The lowest BCUT2D eigenvalue weighted by Crippen LogP contribution is -2.54. The highest BCUT2D eigenvalue weighted by molar-refractivity contribution is 5.93. The molecule has 3 amide bonds. The Kier molecular flexibility index (Phi) is 10.2. The number of phenols is 1. The van der Waals surface area contributed by atoms with E-state index in [1.165, 1.54) is 0 Å². The average molecular weight is 504 g/mol. The molecular formula is C28H45N3O5. The summed E-state index contributed by atoms with van der Waals surface area (Å²) in [4.78, 5) is 42.0. The Bertz CT molecular complexity index is 920. The predicted octanol–water partition coefficient (Wildman–Crippen LogP) is 4.98. The second kappa shape index (κ2) is 12.5. The Hall–Kier alpha value is -2.77. The maximum absolute atomic E-state index is 14.1. The topological polar surface area (TPSA) is 108 Å². The number of carbonyl (C=O) groups excluding carboxylic acids is 3. The van der Waals surface area contributed by atoms with Crippen molar-refractivity contribution in [3.8, 4) is 5.75 Å². The number of nitrogens with zero attached hydrogens (tertiary/aromatic N) is 1. The lowest BCUT2D eigenvalue weighted by molar-refractivity contribution is -0.143. The molecular weight excluding hydrogens is 458 g/mol.